The molecule has 5 rings (SSSR count). The third-order valence-electron chi connectivity index (χ3n) is 8.97. The van der Waals surface area contributed by atoms with Crippen LogP contribution in [0.5, 0.6) is 5.75 Å². The monoisotopic (exact) mass is 464 g/mol. The molecule has 3 unspecified atom stereocenters. The third kappa shape index (κ3) is 4.36. The second-order valence-electron chi connectivity index (χ2n) is 10.9. The molecule has 5 atom stereocenters. The fourth-order valence-corrected chi connectivity index (χ4v) is 7.11. The third-order valence-corrected chi connectivity index (χ3v) is 8.97. The summed E-state index contributed by atoms with van der Waals surface area (Å²) in [7, 11) is 0. The summed E-state index contributed by atoms with van der Waals surface area (Å²) in [6.07, 6.45) is 9.27. The molecule has 182 valence electrons. The second kappa shape index (κ2) is 9.71. The Morgan fingerprint density at radius 1 is 1.12 bits per heavy atom. The number of unbranched alkanes of at least 4 members (excludes halogenated alkanes) is 1. The molecular formula is C30H37FO3. The summed E-state index contributed by atoms with van der Waals surface area (Å²) < 4.78 is 25.9. The Bertz CT molecular complexity index is 1030. The molecule has 0 bridgehead atoms. The summed E-state index contributed by atoms with van der Waals surface area (Å²) in [6.45, 7) is 4.74. The fraction of sp³-hybridized carbons (Fsp3) is 0.567. The predicted octanol–water partition coefficient (Wildman–Crippen LogP) is 7.36. The number of esters is 1. The van der Waals surface area contributed by atoms with Crippen molar-refractivity contribution >= 4 is 5.97 Å². The molecule has 0 N–H and O–H groups in total. The van der Waals surface area contributed by atoms with Crippen LogP contribution in [0, 0.1) is 23.1 Å². The Morgan fingerprint density at radius 2 is 1.97 bits per heavy atom. The van der Waals surface area contributed by atoms with Crippen LogP contribution in [0.1, 0.15) is 87.8 Å². The molecule has 0 aliphatic heterocycles. The number of halogens is 1. The van der Waals surface area contributed by atoms with Crippen molar-refractivity contribution in [3.8, 4) is 5.75 Å². The quantitative estimate of drug-likeness (QED) is 0.402. The van der Waals surface area contributed by atoms with Gasteiger partial charge in [0.05, 0.1) is 0 Å². The lowest BCUT2D eigenvalue weighted by Crippen LogP contribution is -2.45. The van der Waals surface area contributed by atoms with E-state index in [0.717, 1.165) is 44.3 Å². The topological polar surface area (TPSA) is 35.5 Å². The van der Waals surface area contributed by atoms with Gasteiger partial charge in [0.25, 0.3) is 0 Å². The van der Waals surface area contributed by atoms with E-state index in [9.17, 15) is 9.18 Å². The molecule has 0 aromatic heterocycles. The van der Waals surface area contributed by atoms with Crippen molar-refractivity contribution in [2.75, 3.05) is 0 Å². The zero-order valence-corrected chi connectivity index (χ0v) is 20.5. The highest BCUT2D eigenvalue weighted by Gasteiger charge is 2.56. The lowest BCUT2D eigenvalue weighted by atomic mass is 9.55. The first-order valence-electron chi connectivity index (χ1n) is 13.2. The van der Waals surface area contributed by atoms with Crippen LogP contribution in [-0.4, -0.2) is 12.1 Å². The summed E-state index contributed by atoms with van der Waals surface area (Å²) in [5, 5.41) is 0. The van der Waals surface area contributed by atoms with E-state index in [1.807, 2.05) is 6.07 Å². The number of hydrogen-bond acceptors (Lipinski definition) is 3. The Hall–Kier alpha value is -2.36. The SMILES string of the molecule is CCCCC(=O)O[C@@H]1CCC2C3CCc4cc(OCc5ccccc5F)ccc4C3CC[C@@]21C. The van der Waals surface area contributed by atoms with Crippen LogP contribution in [0.2, 0.25) is 0 Å². The summed E-state index contributed by atoms with van der Waals surface area (Å²) >= 11 is 0. The number of fused-ring (bicyclic) bond motifs is 5. The molecule has 3 nitrogen and oxygen atoms in total. The van der Waals surface area contributed by atoms with E-state index in [0.29, 0.717) is 29.7 Å². The first kappa shape index (κ1) is 23.4. The van der Waals surface area contributed by atoms with E-state index in [1.165, 1.54) is 30.0 Å². The molecule has 34 heavy (non-hydrogen) atoms. The molecule has 0 amide bonds. The first-order chi connectivity index (χ1) is 16.5. The van der Waals surface area contributed by atoms with E-state index >= 15 is 0 Å². The number of aryl methyl sites for hydroxylation is 1. The van der Waals surface area contributed by atoms with Gasteiger partial charge in [0, 0.05) is 17.4 Å². The normalized spacial score (nSPS) is 29.6. The van der Waals surface area contributed by atoms with Crippen molar-refractivity contribution in [2.45, 2.75) is 90.3 Å². The average molecular weight is 465 g/mol. The zero-order valence-electron chi connectivity index (χ0n) is 20.5. The van der Waals surface area contributed by atoms with Crippen molar-refractivity contribution in [1.29, 1.82) is 0 Å². The molecule has 2 aromatic rings. The maximum atomic E-state index is 13.9. The average Bonchev–Trinajstić information content (AvgIpc) is 3.17. The van der Waals surface area contributed by atoms with Crippen LogP contribution in [0.15, 0.2) is 42.5 Å². The molecule has 2 fully saturated rings. The lowest BCUT2D eigenvalue weighted by Gasteiger charge is -2.50. The maximum absolute atomic E-state index is 13.9. The molecule has 3 aliphatic carbocycles. The second-order valence-corrected chi connectivity index (χ2v) is 10.9. The van der Waals surface area contributed by atoms with E-state index in [1.54, 1.807) is 12.1 Å². The first-order valence-corrected chi connectivity index (χ1v) is 13.2. The van der Waals surface area contributed by atoms with E-state index in [4.69, 9.17) is 9.47 Å². The van der Waals surface area contributed by atoms with Crippen molar-refractivity contribution in [2.24, 2.45) is 17.3 Å². The van der Waals surface area contributed by atoms with Crippen LogP contribution in [-0.2, 0) is 22.6 Å². The Labute approximate surface area is 203 Å². The van der Waals surface area contributed by atoms with Gasteiger partial charge < -0.3 is 9.47 Å². The Morgan fingerprint density at radius 3 is 2.79 bits per heavy atom. The Kier molecular flexibility index (Phi) is 6.68. The predicted molar refractivity (Wildman–Crippen MR) is 131 cm³/mol. The number of hydrogen-bond donors (Lipinski definition) is 0. The number of ether oxygens (including phenoxy) is 2. The van der Waals surface area contributed by atoms with Gasteiger partial charge in [0.15, 0.2) is 0 Å². The molecule has 4 heteroatoms. The molecule has 0 spiro atoms. The highest BCUT2D eigenvalue weighted by atomic mass is 19.1. The minimum absolute atomic E-state index is 0.00671. The van der Waals surface area contributed by atoms with Crippen LogP contribution < -0.4 is 4.74 Å². The molecular weight excluding hydrogens is 427 g/mol. The number of rotatable bonds is 7. The van der Waals surface area contributed by atoms with Crippen LogP contribution in [0.3, 0.4) is 0 Å². The summed E-state index contributed by atoms with van der Waals surface area (Å²) in [5.41, 5.74) is 3.55. The summed E-state index contributed by atoms with van der Waals surface area (Å²) in [5.74, 6) is 2.46. The van der Waals surface area contributed by atoms with Crippen LogP contribution in [0.25, 0.3) is 0 Å². The van der Waals surface area contributed by atoms with Crippen molar-refractivity contribution in [3.05, 3.63) is 65.0 Å². The molecule has 0 heterocycles. The van der Waals surface area contributed by atoms with E-state index in [2.05, 4.69) is 32.0 Å². The Balaban J connectivity index is 1.27. The zero-order chi connectivity index (χ0) is 23.7. The fourth-order valence-electron chi connectivity index (χ4n) is 7.11. The standard InChI is InChI=1S/C30H37FO3/c1-3-4-9-29(32)34-28-15-14-26-25-12-10-20-18-22(33-19-21-7-5-6-8-27(21)31)11-13-23(20)24(25)16-17-30(26,28)2/h5-8,11,13,18,24-26,28H,3-4,9-10,12,14-17,19H2,1-2H3/t24?,25?,26?,28-,30+/m1/s1. The van der Waals surface area contributed by atoms with Gasteiger partial charge in [0.1, 0.15) is 24.3 Å². The number of carbonyl (C=O) groups excluding carboxylic acids is 1. The highest BCUT2D eigenvalue weighted by Crippen LogP contribution is 2.61. The molecule has 2 saturated carbocycles. The van der Waals surface area contributed by atoms with Gasteiger partial charge >= 0.3 is 5.97 Å². The molecule has 0 saturated heterocycles. The smallest absolute Gasteiger partial charge is 0.306 e. The highest BCUT2D eigenvalue weighted by molar-refractivity contribution is 5.69. The number of benzene rings is 2. The van der Waals surface area contributed by atoms with Gasteiger partial charge in [-0.15, -0.1) is 0 Å². The summed E-state index contributed by atoms with van der Waals surface area (Å²) in [4.78, 5) is 12.4. The molecule has 3 aliphatic rings. The van der Waals surface area contributed by atoms with Crippen LogP contribution in [0.4, 0.5) is 4.39 Å². The van der Waals surface area contributed by atoms with Crippen molar-refractivity contribution in [3.63, 3.8) is 0 Å². The molecule has 0 radical (unpaired) electrons. The largest absolute Gasteiger partial charge is 0.489 e. The number of carbonyl (C=O) groups is 1. The van der Waals surface area contributed by atoms with Gasteiger partial charge in [-0.05, 0) is 92.0 Å². The van der Waals surface area contributed by atoms with Crippen LogP contribution >= 0.6 is 0 Å². The van der Waals surface area contributed by atoms with Gasteiger partial charge in [-0.25, -0.2) is 4.39 Å². The van der Waals surface area contributed by atoms with E-state index in [-0.39, 0.29) is 29.9 Å². The van der Waals surface area contributed by atoms with Gasteiger partial charge in [0.2, 0.25) is 0 Å². The minimum Gasteiger partial charge on any atom is -0.489 e. The lowest BCUT2D eigenvalue weighted by molar-refractivity contribution is -0.157. The van der Waals surface area contributed by atoms with E-state index < -0.39 is 0 Å². The summed E-state index contributed by atoms with van der Waals surface area (Å²) in [6, 6.07) is 13.3. The van der Waals surface area contributed by atoms with Crippen molar-refractivity contribution < 1.29 is 18.7 Å². The van der Waals surface area contributed by atoms with Crippen molar-refractivity contribution in [1.82, 2.24) is 0 Å². The van der Waals surface area contributed by atoms with Gasteiger partial charge in [-0.3, -0.25) is 4.79 Å². The van der Waals surface area contributed by atoms with Gasteiger partial charge in [-0.1, -0.05) is 44.5 Å². The van der Waals surface area contributed by atoms with Gasteiger partial charge in [-0.2, -0.15) is 0 Å². The maximum Gasteiger partial charge on any atom is 0.306 e. The molecule has 2 aromatic carbocycles. The minimum atomic E-state index is -0.223.